The maximum atomic E-state index is 13.1. The van der Waals surface area contributed by atoms with Crippen LogP contribution >= 0.6 is 0 Å². The summed E-state index contributed by atoms with van der Waals surface area (Å²) < 4.78 is 14.9. The molecule has 0 aliphatic carbocycles. The van der Waals surface area contributed by atoms with E-state index in [9.17, 15) is 9.18 Å². The molecule has 134 valence electrons. The van der Waals surface area contributed by atoms with Crippen molar-refractivity contribution >= 4 is 6.03 Å². The summed E-state index contributed by atoms with van der Waals surface area (Å²) in [5.41, 5.74) is 2.19. The summed E-state index contributed by atoms with van der Waals surface area (Å²) in [6, 6.07) is 6.63. The van der Waals surface area contributed by atoms with Gasteiger partial charge in [-0.25, -0.2) is 9.18 Å². The van der Waals surface area contributed by atoms with Gasteiger partial charge in [0.25, 0.3) is 0 Å². The monoisotopic (exact) mass is 344 g/mol. The summed E-state index contributed by atoms with van der Waals surface area (Å²) in [6.45, 7) is 2.21. The minimum Gasteiger partial charge on any atom is -0.338 e. The minimum atomic E-state index is -0.210. The van der Waals surface area contributed by atoms with Crippen LogP contribution in [0.25, 0.3) is 0 Å². The van der Waals surface area contributed by atoms with E-state index in [1.54, 1.807) is 12.1 Å². The molecular formula is C19H25FN4O. The fraction of sp³-hybridized carbons (Fsp3) is 0.474. The van der Waals surface area contributed by atoms with Crippen LogP contribution in [0.2, 0.25) is 0 Å². The van der Waals surface area contributed by atoms with Crippen LogP contribution in [0.3, 0.4) is 0 Å². The number of amides is 2. The SMILES string of the molecule is Cn1cc(C[C@@H]2CCN(C(=O)NCCCc3cccc(F)c3)C2)cn1. The van der Waals surface area contributed by atoms with Gasteiger partial charge in [-0.1, -0.05) is 12.1 Å². The summed E-state index contributed by atoms with van der Waals surface area (Å²) in [4.78, 5) is 14.1. The van der Waals surface area contributed by atoms with Crippen molar-refractivity contribution in [1.29, 1.82) is 0 Å². The highest BCUT2D eigenvalue weighted by atomic mass is 19.1. The molecule has 0 bridgehead atoms. The van der Waals surface area contributed by atoms with E-state index in [4.69, 9.17) is 0 Å². The second-order valence-corrected chi connectivity index (χ2v) is 6.79. The standard InChI is InChI=1S/C19H25FN4O/c1-23-13-17(12-22-23)10-16-7-9-24(14-16)19(25)21-8-3-5-15-4-2-6-18(20)11-15/h2,4,6,11-13,16H,3,5,7-10,14H2,1H3,(H,21,25)/t16-/m0/s1. The summed E-state index contributed by atoms with van der Waals surface area (Å²) in [5.74, 6) is 0.292. The lowest BCUT2D eigenvalue weighted by Crippen LogP contribution is -2.39. The molecule has 25 heavy (non-hydrogen) atoms. The highest BCUT2D eigenvalue weighted by molar-refractivity contribution is 5.74. The van der Waals surface area contributed by atoms with Gasteiger partial charge in [0.1, 0.15) is 5.82 Å². The topological polar surface area (TPSA) is 50.2 Å². The third kappa shape index (κ3) is 5.05. The maximum Gasteiger partial charge on any atom is 0.317 e. The fourth-order valence-corrected chi connectivity index (χ4v) is 3.39. The van der Waals surface area contributed by atoms with E-state index in [1.165, 1.54) is 11.6 Å². The number of hydrogen-bond donors (Lipinski definition) is 1. The van der Waals surface area contributed by atoms with Crippen LogP contribution in [0.1, 0.15) is 24.0 Å². The number of halogens is 1. The van der Waals surface area contributed by atoms with Crippen LogP contribution in [-0.4, -0.2) is 40.3 Å². The number of rotatable bonds is 6. The second kappa shape index (κ2) is 8.14. The Balaban J connectivity index is 1.36. The predicted molar refractivity (Wildman–Crippen MR) is 94.7 cm³/mol. The van der Waals surface area contributed by atoms with E-state index in [2.05, 4.69) is 10.4 Å². The van der Waals surface area contributed by atoms with Crippen molar-refractivity contribution in [2.24, 2.45) is 13.0 Å². The number of hydrogen-bond acceptors (Lipinski definition) is 2. The molecule has 1 aromatic heterocycles. The lowest BCUT2D eigenvalue weighted by Gasteiger charge is -2.17. The van der Waals surface area contributed by atoms with Crippen LogP contribution < -0.4 is 5.32 Å². The number of carbonyl (C=O) groups excluding carboxylic acids is 1. The van der Waals surface area contributed by atoms with E-state index in [0.29, 0.717) is 12.5 Å². The molecule has 1 N–H and O–H groups in total. The van der Waals surface area contributed by atoms with Crippen molar-refractivity contribution in [2.45, 2.75) is 25.7 Å². The Morgan fingerprint density at radius 2 is 2.28 bits per heavy atom. The molecular weight excluding hydrogens is 319 g/mol. The van der Waals surface area contributed by atoms with Crippen LogP contribution in [0.15, 0.2) is 36.7 Å². The van der Waals surface area contributed by atoms with Crippen molar-refractivity contribution in [2.75, 3.05) is 19.6 Å². The van der Waals surface area contributed by atoms with E-state index in [1.807, 2.05) is 35.1 Å². The lowest BCUT2D eigenvalue weighted by molar-refractivity contribution is 0.207. The molecule has 0 saturated carbocycles. The average Bonchev–Trinajstić information content (AvgIpc) is 3.21. The number of benzene rings is 1. The van der Waals surface area contributed by atoms with Gasteiger partial charge in [-0.3, -0.25) is 4.68 Å². The Morgan fingerprint density at radius 3 is 3.04 bits per heavy atom. The van der Waals surface area contributed by atoms with Gasteiger partial charge in [-0.15, -0.1) is 0 Å². The quantitative estimate of drug-likeness (QED) is 0.819. The van der Waals surface area contributed by atoms with E-state index in [-0.39, 0.29) is 11.8 Å². The van der Waals surface area contributed by atoms with E-state index < -0.39 is 0 Å². The van der Waals surface area contributed by atoms with Crippen molar-refractivity contribution in [3.8, 4) is 0 Å². The maximum absolute atomic E-state index is 13.1. The molecule has 5 nitrogen and oxygen atoms in total. The van der Waals surface area contributed by atoms with Gasteiger partial charge in [0, 0.05) is 32.9 Å². The Hall–Kier alpha value is -2.37. The summed E-state index contributed by atoms with van der Waals surface area (Å²) in [6.07, 6.45) is 7.51. The van der Waals surface area contributed by atoms with Gasteiger partial charge in [-0.2, -0.15) is 5.10 Å². The van der Waals surface area contributed by atoms with Crippen LogP contribution in [0, 0.1) is 11.7 Å². The first kappa shape index (κ1) is 17.5. The van der Waals surface area contributed by atoms with Gasteiger partial charge in [-0.05, 0) is 54.9 Å². The first-order chi connectivity index (χ1) is 12.1. The van der Waals surface area contributed by atoms with Gasteiger partial charge in [0.2, 0.25) is 0 Å². The molecule has 0 spiro atoms. The Labute approximate surface area is 147 Å². The van der Waals surface area contributed by atoms with Crippen LogP contribution in [-0.2, 0) is 19.9 Å². The van der Waals surface area contributed by atoms with Crippen molar-refractivity contribution in [3.05, 3.63) is 53.6 Å². The van der Waals surface area contributed by atoms with Gasteiger partial charge >= 0.3 is 6.03 Å². The molecule has 6 heteroatoms. The number of aromatic nitrogens is 2. The van der Waals surface area contributed by atoms with Crippen LogP contribution in [0.4, 0.5) is 9.18 Å². The Morgan fingerprint density at radius 1 is 1.40 bits per heavy atom. The summed E-state index contributed by atoms with van der Waals surface area (Å²) in [5, 5.41) is 7.17. The first-order valence-corrected chi connectivity index (χ1v) is 8.85. The highest BCUT2D eigenvalue weighted by Crippen LogP contribution is 2.20. The molecule has 1 aromatic carbocycles. The summed E-state index contributed by atoms with van der Waals surface area (Å²) in [7, 11) is 1.92. The molecule has 3 rings (SSSR count). The number of likely N-dealkylation sites (tertiary alicyclic amines) is 1. The molecule has 1 aliphatic rings. The van der Waals surface area contributed by atoms with Gasteiger partial charge in [0.05, 0.1) is 6.20 Å². The number of aryl methyl sites for hydroxylation is 2. The molecule has 0 radical (unpaired) electrons. The van der Waals surface area contributed by atoms with E-state index in [0.717, 1.165) is 44.3 Å². The normalized spacial score (nSPS) is 17.0. The zero-order valence-corrected chi connectivity index (χ0v) is 14.6. The van der Waals surface area contributed by atoms with Crippen molar-refractivity contribution in [1.82, 2.24) is 20.0 Å². The van der Waals surface area contributed by atoms with Crippen LogP contribution in [0.5, 0.6) is 0 Å². The molecule has 1 atom stereocenters. The number of carbonyl (C=O) groups is 1. The number of nitrogens with zero attached hydrogens (tertiary/aromatic N) is 3. The third-order valence-electron chi connectivity index (χ3n) is 4.66. The molecule has 1 saturated heterocycles. The molecule has 2 aromatic rings. The van der Waals surface area contributed by atoms with Gasteiger partial charge in [0.15, 0.2) is 0 Å². The average molecular weight is 344 g/mol. The largest absolute Gasteiger partial charge is 0.338 e. The van der Waals surface area contributed by atoms with E-state index >= 15 is 0 Å². The highest BCUT2D eigenvalue weighted by Gasteiger charge is 2.26. The first-order valence-electron chi connectivity index (χ1n) is 8.85. The molecule has 0 unspecified atom stereocenters. The fourth-order valence-electron chi connectivity index (χ4n) is 3.39. The minimum absolute atomic E-state index is 0.00734. The lowest BCUT2D eigenvalue weighted by atomic mass is 10.0. The number of urea groups is 1. The Kier molecular flexibility index (Phi) is 5.68. The van der Waals surface area contributed by atoms with Crippen molar-refractivity contribution in [3.63, 3.8) is 0 Å². The molecule has 1 aliphatic heterocycles. The predicted octanol–water partition coefficient (Wildman–Crippen LogP) is 2.77. The van der Waals surface area contributed by atoms with Gasteiger partial charge < -0.3 is 10.2 Å². The zero-order chi connectivity index (χ0) is 17.6. The Bertz CT molecular complexity index is 715. The molecule has 2 amide bonds. The summed E-state index contributed by atoms with van der Waals surface area (Å²) >= 11 is 0. The molecule has 1 fully saturated rings. The third-order valence-corrected chi connectivity index (χ3v) is 4.66. The second-order valence-electron chi connectivity index (χ2n) is 6.79. The van der Waals surface area contributed by atoms with Crippen molar-refractivity contribution < 1.29 is 9.18 Å². The molecule has 2 heterocycles. The number of nitrogens with one attached hydrogen (secondary N) is 1. The smallest absolute Gasteiger partial charge is 0.317 e. The zero-order valence-electron chi connectivity index (χ0n) is 14.6.